The van der Waals surface area contributed by atoms with Gasteiger partial charge < -0.3 is 11.1 Å². The van der Waals surface area contributed by atoms with Gasteiger partial charge in [-0.05, 0) is 29.8 Å². The summed E-state index contributed by atoms with van der Waals surface area (Å²) in [4.78, 5) is 10.8. The van der Waals surface area contributed by atoms with Gasteiger partial charge in [-0.2, -0.15) is 0 Å². The van der Waals surface area contributed by atoms with Crippen molar-refractivity contribution in [3.05, 3.63) is 42.5 Å². The van der Waals surface area contributed by atoms with Crippen molar-refractivity contribution in [3.8, 4) is 0 Å². The summed E-state index contributed by atoms with van der Waals surface area (Å²) in [6.07, 6.45) is 0.340. The van der Waals surface area contributed by atoms with E-state index in [1.54, 1.807) is 0 Å². The molecule has 3 heteroatoms. The number of amides is 1. The van der Waals surface area contributed by atoms with Crippen LogP contribution in [0.3, 0.4) is 0 Å². The van der Waals surface area contributed by atoms with Gasteiger partial charge in [-0.25, -0.2) is 0 Å². The van der Waals surface area contributed by atoms with E-state index in [-0.39, 0.29) is 11.9 Å². The highest BCUT2D eigenvalue weighted by atomic mass is 16.1. The van der Waals surface area contributed by atoms with Crippen molar-refractivity contribution < 1.29 is 4.79 Å². The van der Waals surface area contributed by atoms with Crippen molar-refractivity contribution in [3.63, 3.8) is 0 Å². The molecule has 0 aliphatic rings. The first-order valence-electron chi connectivity index (χ1n) is 5.69. The minimum absolute atomic E-state index is 0.0497. The van der Waals surface area contributed by atoms with Crippen molar-refractivity contribution in [2.45, 2.75) is 19.4 Å². The smallest absolute Gasteiger partial charge is 0.219 e. The van der Waals surface area contributed by atoms with Crippen LogP contribution >= 0.6 is 0 Å². The fourth-order valence-electron chi connectivity index (χ4n) is 1.92. The highest BCUT2D eigenvalue weighted by Crippen LogP contribution is 2.19. The monoisotopic (exact) mass is 228 g/mol. The molecule has 0 bridgehead atoms. The van der Waals surface area contributed by atoms with Crippen LogP contribution in [0.15, 0.2) is 42.5 Å². The first kappa shape index (κ1) is 11.5. The van der Waals surface area contributed by atoms with Crippen LogP contribution in [0.1, 0.15) is 13.3 Å². The van der Waals surface area contributed by atoms with Crippen molar-refractivity contribution in [1.82, 2.24) is 0 Å². The lowest BCUT2D eigenvalue weighted by Crippen LogP contribution is -2.23. The molecule has 0 aliphatic heterocycles. The van der Waals surface area contributed by atoms with E-state index in [4.69, 9.17) is 5.73 Å². The Morgan fingerprint density at radius 1 is 1.24 bits per heavy atom. The second kappa shape index (κ2) is 4.87. The lowest BCUT2D eigenvalue weighted by molar-refractivity contribution is -0.118. The first-order chi connectivity index (χ1) is 8.15. The topological polar surface area (TPSA) is 55.1 Å². The van der Waals surface area contributed by atoms with Gasteiger partial charge in [0.25, 0.3) is 0 Å². The molecule has 0 aromatic heterocycles. The van der Waals surface area contributed by atoms with Gasteiger partial charge in [0.1, 0.15) is 0 Å². The highest BCUT2D eigenvalue weighted by molar-refractivity contribution is 5.85. The maximum atomic E-state index is 10.8. The summed E-state index contributed by atoms with van der Waals surface area (Å²) in [5.74, 6) is -0.286. The first-order valence-corrected chi connectivity index (χ1v) is 5.69. The molecule has 0 saturated carbocycles. The van der Waals surface area contributed by atoms with Crippen LogP contribution in [-0.4, -0.2) is 11.9 Å². The van der Waals surface area contributed by atoms with E-state index < -0.39 is 0 Å². The third kappa shape index (κ3) is 2.97. The predicted octanol–water partition coefficient (Wildman–Crippen LogP) is 2.52. The average molecular weight is 228 g/mol. The Morgan fingerprint density at radius 3 is 2.65 bits per heavy atom. The predicted molar refractivity (Wildman–Crippen MR) is 70.8 cm³/mol. The number of anilines is 1. The van der Waals surface area contributed by atoms with Gasteiger partial charge in [-0.15, -0.1) is 0 Å². The Kier molecular flexibility index (Phi) is 3.28. The van der Waals surface area contributed by atoms with Gasteiger partial charge in [-0.3, -0.25) is 4.79 Å². The van der Waals surface area contributed by atoms with Crippen LogP contribution in [0.4, 0.5) is 5.69 Å². The van der Waals surface area contributed by atoms with Crippen molar-refractivity contribution in [2.75, 3.05) is 5.32 Å². The van der Waals surface area contributed by atoms with E-state index in [1.165, 1.54) is 10.8 Å². The minimum Gasteiger partial charge on any atom is -0.382 e. The minimum atomic E-state index is -0.286. The SMILES string of the molecule is CC(CC(N)=O)Nc1ccc2ccccc2c1. The number of fused-ring (bicyclic) bond motifs is 1. The Morgan fingerprint density at radius 2 is 1.94 bits per heavy atom. The number of hydrogen-bond acceptors (Lipinski definition) is 2. The van der Waals surface area contributed by atoms with Crippen molar-refractivity contribution in [2.24, 2.45) is 5.73 Å². The van der Waals surface area contributed by atoms with Gasteiger partial charge in [0.05, 0.1) is 0 Å². The van der Waals surface area contributed by atoms with Gasteiger partial charge in [0.15, 0.2) is 0 Å². The molecular weight excluding hydrogens is 212 g/mol. The number of nitrogens with one attached hydrogen (secondary N) is 1. The standard InChI is InChI=1S/C14H16N2O/c1-10(8-14(15)17)16-13-7-6-11-4-2-3-5-12(11)9-13/h2-7,9-10,16H,8H2,1H3,(H2,15,17). The fraction of sp³-hybridized carbons (Fsp3) is 0.214. The van der Waals surface area contributed by atoms with Crippen LogP contribution in [0.25, 0.3) is 10.8 Å². The quantitative estimate of drug-likeness (QED) is 0.844. The summed E-state index contributed by atoms with van der Waals surface area (Å²) in [5, 5.41) is 5.66. The molecule has 88 valence electrons. The number of rotatable bonds is 4. The van der Waals surface area contributed by atoms with E-state index in [2.05, 4.69) is 29.6 Å². The average Bonchev–Trinajstić information content (AvgIpc) is 2.27. The van der Waals surface area contributed by atoms with Crippen LogP contribution < -0.4 is 11.1 Å². The molecular formula is C14H16N2O. The molecule has 1 amide bonds. The normalized spacial score (nSPS) is 12.3. The van der Waals surface area contributed by atoms with Crippen molar-refractivity contribution >= 4 is 22.4 Å². The fourth-order valence-corrected chi connectivity index (χ4v) is 1.92. The molecule has 0 spiro atoms. The van der Waals surface area contributed by atoms with E-state index >= 15 is 0 Å². The van der Waals surface area contributed by atoms with Gasteiger partial charge in [0, 0.05) is 18.2 Å². The summed E-state index contributed by atoms with van der Waals surface area (Å²) in [6.45, 7) is 1.94. The summed E-state index contributed by atoms with van der Waals surface area (Å²) in [7, 11) is 0. The molecule has 3 nitrogen and oxygen atoms in total. The molecule has 3 N–H and O–H groups in total. The maximum absolute atomic E-state index is 10.8. The Hall–Kier alpha value is -2.03. The second-order valence-electron chi connectivity index (χ2n) is 4.28. The number of benzene rings is 2. The number of carbonyl (C=O) groups excluding carboxylic acids is 1. The molecule has 2 aromatic rings. The zero-order valence-electron chi connectivity index (χ0n) is 9.81. The molecule has 0 heterocycles. The molecule has 2 aromatic carbocycles. The molecule has 1 atom stereocenters. The third-order valence-corrected chi connectivity index (χ3v) is 2.67. The molecule has 17 heavy (non-hydrogen) atoms. The van der Waals surface area contributed by atoms with Crippen LogP contribution in [0.5, 0.6) is 0 Å². The summed E-state index contributed by atoms with van der Waals surface area (Å²) in [5.41, 5.74) is 6.17. The molecule has 0 radical (unpaired) electrons. The number of hydrogen-bond donors (Lipinski definition) is 2. The van der Waals surface area contributed by atoms with Crippen LogP contribution in [0.2, 0.25) is 0 Å². The summed E-state index contributed by atoms with van der Waals surface area (Å²) < 4.78 is 0. The largest absolute Gasteiger partial charge is 0.382 e. The number of primary amides is 1. The summed E-state index contributed by atoms with van der Waals surface area (Å²) >= 11 is 0. The Balaban J connectivity index is 2.16. The van der Waals surface area contributed by atoms with E-state index in [1.807, 2.05) is 25.1 Å². The zero-order valence-corrected chi connectivity index (χ0v) is 9.81. The molecule has 0 saturated heterocycles. The Bertz CT molecular complexity index is 536. The van der Waals surface area contributed by atoms with Gasteiger partial charge >= 0.3 is 0 Å². The lowest BCUT2D eigenvalue weighted by atomic mass is 10.1. The van der Waals surface area contributed by atoms with Gasteiger partial charge in [0.2, 0.25) is 5.91 Å². The van der Waals surface area contributed by atoms with Crippen molar-refractivity contribution in [1.29, 1.82) is 0 Å². The van der Waals surface area contributed by atoms with E-state index in [0.29, 0.717) is 6.42 Å². The lowest BCUT2D eigenvalue weighted by Gasteiger charge is -2.13. The zero-order chi connectivity index (χ0) is 12.3. The second-order valence-corrected chi connectivity index (χ2v) is 4.28. The molecule has 0 aliphatic carbocycles. The Labute approximate surface area is 101 Å². The highest BCUT2D eigenvalue weighted by Gasteiger charge is 2.05. The van der Waals surface area contributed by atoms with Gasteiger partial charge in [-0.1, -0.05) is 30.3 Å². The number of nitrogens with two attached hydrogens (primary N) is 1. The van der Waals surface area contributed by atoms with Crippen LogP contribution in [-0.2, 0) is 4.79 Å². The van der Waals surface area contributed by atoms with E-state index in [9.17, 15) is 4.79 Å². The molecule has 2 rings (SSSR count). The summed E-state index contributed by atoms with van der Waals surface area (Å²) in [6, 6.07) is 14.4. The number of carbonyl (C=O) groups is 1. The van der Waals surface area contributed by atoms with E-state index in [0.717, 1.165) is 5.69 Å². The van der Waals surface area contributed by atoms with Crippen LogP contribution in [0, 0.1) is 0 Å². The molecule has 1 unspecified atom stereocenters. The maximum Gasteiger partial charge on any atom is 0.219 e. The third-order valence-electron chi connectivity index (χ3n) is 2.67. The molecule has 0 fully saturated rings.